The highest BCUT2D eigenvalue weighted by Gasteiger charge is 2.35. The van der Waals surface area contributed by atoms with E-state index in [9.17, 15) is 4.79 Å². The van der Waals surface area contributed by atoms with Crippen molar-refractivity contribution in [2.45, 2.75) is 12.3 Å². The largest absolute Gasteiger partial charge is 0.341 e. The summed E-state index contributed by atoms with van der Waals surface area (Å²) in [6.07, 6.45) is 0.287. The van der Waals surface area contributed by atoms with Crippen LogP contribution in [-0.4, -0.2) is 30.4 Å². The third-order valence-electron chi connectivity index (χ3n) is 4.68. The van der Waals surface area contributed by atoms with Gasteiger partial charge in [-0.1, -0.05) is 59.6 Å². The molecular formula is C19H21Cl3N2O. The molecule has 1 fully saturated rings. The molecule has 25 heavy (non-hydrogen) atoms. The highest BCUT2D eigenvalue weighted by atomic mass is 35.5. The zero-order valence-electron chi connectivity index (χ0n) is 13.7. The van der Waals surface area contributed by atoms with Crippen LogP contribution in [0.15, 0.2) is 48.5 Å². The summed E-state index contributed by atoms with van der Waals surface area (Å²) in [6, 6.07) is 15.5. The molecule has 1 amide bonds. The molecule has 1 saturated heterocycles. The van der Waals surface area contributed by atoms with Crippen LogP contribution in [0.25, 0.3) is 0 Å². The maximum atomic E-state index is 12.7. The van der Waals surface area contributed by atoms with Gasteiger partial charge in [0.15, 0.2) is 0 Å². The summed E-state index contributed by atoms with van der Waals surface area (Å²) in [7, 11) is 0. The predicted octanol–water partition coefficient (Wildman–Crippen LogP) is 4.16. The molecule has 0 aliphatic carbocycles. The first-order valence-corrected chi connectivity index (χ1v) is 8.80. The molecule has 3 nitrogen and oxygen atoms in total. The Morgan fingerprint density at radius 3 is 2.48 bits per heavy atom. The summed E-state index contributed by atoms with van der Waals surface area (Å²) in [5.41, 5.74) is 7.99. The van der Waals surface area contributed by atoms with Gasteiger partial charge >= 0.3 is 0 Å². The average Bonchev–Trinajstić information content (AvgIpc) is 3.02. The fraction of sp³-hybridized carbons (Fsp3) is 0.316. The molecule has 3 rings (SSSR count). The van der Waals surface area contributed by atoms with Crippen molar-refractivity contribution in [2.24, 2.45) is 11.7 Å². The Hall–Kier alpha value is -1.26. The Morgan fingerprint density at radius 1 is 1.12 bits per heavy atom. The number of hydrogen-bond donors (Lipinski definition) is 1. The maximum Gasteiger partial charge on any atom is 0.227 e. The lowest BCUT2D eigenvalue weighted by molar-refractivity contribution is -0.129. The molecule has 1 aliphatic rings. The van der Waals surface area contributed by atoms with Gasteiger partial charge in [0.05, 0.1) is 6.42 Å². The van der Waals surface area contributed by atoms with Crippen LogP contribution in [0.2, 0.25) is 10.0 Å². The fourth-order valence-corrected chi connectivity index (χ4v) is 3.81. The number of halogens is 3. The molecule has 1 heterocycles. The number of amides is 1. The highest BCUT2D eigenvalue weighted by molar-refractivity contribution is 6.35. The first-order valence-electron chi connectivity index (χ1n) is 8.05. The number of nitrogens with two attached hydrogens (primary N) is 1. The van der Waals surface area contributed by atoms with Gasteiger partial charge in [-0.2, -0.15) is 0 Å². The van der Waals surface area contributed by atoms with Crippen LogP contribution in [0.1, 0.15) is 17.0 Å². The highest BCUT2D eigenvalue weighted by Crippen LogP contribution is 2.32. The number of benzene rings is 2. The Bertz CT molecular complexity index is 724. The molecule has 6 heteroatoms. The Labute approximate surface area is 164 Å². The van der Waals surface area contributed by atoms with Crippen LogP contribution in [0.3, 0.4) is 0 Å². The van der Waals surface area contributed by atoms with Crippen molar-refractivity contribution in [1.82, 2.24) is 4.90 Å². The topological polar surface area (TPSA) is 46.3 Å². The zero-order valence-corrected chi connectivity index (χ0v) is 16.0. The standard InChI is InChI=1S/C19H20Cl2N2O.ClH/c20-16-7-6-14(18(21)9-16)8-19(24)23-11-15(10-22)17(12-23)13-4-2-1-3-5-13;/h1-7,9,15,17H,8,10-12,22H2;1H/t15-,17+;/m1./s1. The molecule has 1 aliphatic heterocycles. The molecule has 0 aromatic heterocycles. The molecule has 2 aromatic rings. The number of hydrogen-bond acceptors (Lipinski definition) is 2. The van der Waals surface area contributed by atoms with Crippen LogP contribution >= 0.6 is 35.6 Å². The van der Waals surface area contributed by atoms with Crippen molar-refractivity contribution < 1.29 is 4.79 Å². The predicted molar refractivity (Wildman–Crippen MR) is 106 cm³/mol. The van der Waals surface area contributed by atoms with Crippen molar-refractivity contribution in [2.75, 3.05) is 19.6 Å². The van der Waals surface area contributed by atoms with Gasteiger partial charge in [-0.05, 0) is 35.7 Å². The van der Waals surface area contributed by atoms with Gasteiger partial charge in [0.2, 0.25) is 5.91 Å². The minimum Gasteiger partial charge on any atom is -0.341 e. The Balaban J connectivity index is 0.00000225. The van der Waals surface area contributed by atoms with Gasteiger partial charge in [0.1, 0.15) is 0 Å². The zero-order chi connectivity index (χ0) is 17.1. The van der Waals surface area contributed by atoms with Crippen molar-refractivity contribution >= 4 is 41.5 Å². The second kappa shape index (κ2) is 8.91. The number of nitrogens with zero attached hydrogens (tertiary/aromatic N) is 1. The normalized spacial score (nSPS) is 19.6. The van der Waals surface area contributed by atoms with Crippen LogP contribution in [-0.2, 0) is 11.2 Å². The van der Waals surface area contributed by atoms with Crippen molar-refractivity contribution in [1.29, 1.82) is 0 Å². The van der Waals surface area contributed by atoms with E-state index in [2.05, 4.69) is 12.1 Å². The quantitative estimate of drug-likeness (QED) is 0.839. The summed E-state index contributed by atoms with van der Waals surface area (Å²) in [6.45, 7) is 1.97. The maximum absolute atomic E-state index is 12.7. The van der Waals surface area contributed by atoms with E-state index in [-0.39, 0.29) is 30.7 Å². The van der Waals surface area contributed by atoms with Crippen molar-refractivity contribution in [3.8, 4) is 0 Å². The van der Waals surface area contributed by atoms with Crippen molar-refractivity contribution in [3.63, 3.8) is 0 Å². The van der Waals surface area contributed by atoms with Crippen LogP contribution in [0.4, 0.5) is 0 Å². The third-order valence-corrected chi connectivity index (χ3v) is 5.27. The molecule has 2 aromatic carbocycles. The molecular weight excluding hydrogens is 379 g/mol. The summed E-state index contributed by atoms with van der Waals surface area (Å²) in [5, 5.41) is 1.11. The molecule has 0 spiro atoms. The van der Waals surface area contributed by atoms with Gasteiger partial charge in [-0.15, -0.1) is 12.4 Å². The lowest BCUT2D eigenvalue weighted by Crippen LogP contribution is -2.31. The smallest absolute Gasteiger partial charge is 0.227 e. The Kier molecular flexibility index (Phi) is 7.14. The van der Waals surface area contributed by atoms with Crippen LogP contribution < -0.4 is 5.73 Å². The summed E-state index contributed by atoms with van der Waals surface area (Å²) in [5.74, 6) is 0.661. The van der Waals surface area contributed by atoms with E-state index >= 15 is 0 Å². The van der Waals surface area contributed by atoms with Gasteiger partial charge in [0.25, 0.3) is 0 Å². The number of rotatable bonds is 4. The van der Waals surface area contributed by atoms with Crippen molar-refractivity contribution in [3.05, 3.63) is 69.7 Å². The number of carbonyl (C=O) groups excluding carboxylic acids is 1. The minimum absolute atomic E-state index is 0. The first-order chi connectivity index (χ1) is 11.6. The van der Waals surface area contributed by atoms with Gasteiger partial charge in [-0.25, -0.2) is 0 Å². The van der Waals surface area contributed by atoms with E-state index in [1.807, 2.05) is 29.2 Å². The van der Waals surface area contributed by atoms with Crippen LogP contribution in [0.5, 0.6) is 0 Å². The second-order valence-corrected chi connectivity index (χ2v) is 7.07. The molecule has 0 saturated carbocycles. The van der Waals surface area contributed by atoms with E-state index in [1.54, 1.807) is 12.1 Å². The second-order valence-electron chi connectivity index (χ2n) is 6.22. The number of carbonyl (C=O) groups is 1. The Morgan fingerprint density at radius 2 is 1.84 bits per heavy atom. The molecule has 0 bridgehead atoms. The van der Waals surface area contributed by atoms with E-state index < -0.39 is 0 Å². The minimum atomic E-state index is 0. The van der Waals surface area contributed by atoms with Gasteiger partial charge in [-0.3, -0.25) is 4.79 Å². The van der Waals surface area contributed by atoms with E-state index in [0.717, 1.165) is 5.56 Å². The lowest BCUT2D eigenvalue weighted by Gasteiger charge is -2.17. The molecule has 0 radical (unpaired) electrons. The van der Waals surface area contributed by atoms with Gasteiger partial charge < -0.3 is 10.6 Å². The van der Waals surface area contributed by atoms with E-state index in [4.69, 9.17) is 28.9 Å². The van der Waals surface area contributed by atoms with Crippen LogP contribution in [0, 0.1) is 5.92 Å². The summed E-state index contributed by atoms with van der Waals surface area (Å²) in [4.78, 5) is 14.6. The van der Waals surface area contributed by atoms with Gasteiger partial charge in [0, 0.05) is 29.1 Å². The summed E-state index contributed by atoms with van der Waals surface area (Å²) >= 11 is 12.1. The monoisotopic (exact) mass is 398 g/mol. The SMILES string of the molecule is Cl.NC[C@@H]1CN(C(=O)Cc2ccc(Cl)cc2Cl)C[C@H]1c1ccccc1. The summed E-state index contributed by atoms with van der Waals surface area (Å²) < 4.78 is 0. The molecule has 2 atom stereocenters. The lowest BCUT2D eigenvalue weighted by atomic mass is 9.89. The third kappa shape index (κ3) is 4.68. The van der Waals surface area contributed by atoms with E-state index in [0.29, 0.717) is 35.6 Å². The average molecular weight is 400 g/mol. The molecule has 0 unspecified atom stereocenters. The molecule has 2 N–H and O–H groups in total. The molecule has 134 valence electrons. The fourth-order valence-electron chi connectivity index (χ4n) is 3.33. The first kappa shape index (κ1) is 20.1. The number of likely N-dealkylation sites (tertiary alicyclic amines) is 1. The van der Waals surface area contributed by atoms with E-state index in [1.165, 1.54) is 5.56 Å².